The van der Waals surface area contributed by atoms with Gasteiger partial charge in [0, 0.05) is 11.8 Å². The van der Waals surface area contributed by atoms with Crippen molar-refractivity contribution in [3.05, 3.63) is 29.5 Å². The van der Waals surface area contributed by atoms with E-state index >= 15 is 0 Å². The molecule has 0 aliphatic carbocycles. The van der Waals surface area contributed by atoms with E-state index in [0.717, 1.165) is 5.56 Å². The molecule has 0 bridgehead atoms. The fraction of sp³-hybridized carbons (Fsp3) is 0.333. The number of nitrogens with zero attached hydrogens (tertiary/aromatic N) is 1. The topological polar surface area (TPSA) is 130 Å². The Balaban J connectivity index is 2.06. The number of aliphatic carboxylic acids is 2. The van der Waals surface area contributed by atoms with E-state index in [1.807, 2.05) is 19.1 Å². The number of aromatic nitrogens is 1. The Morgan fingerprint density at radius 1 is 1.30 bits per heavy atom. The third-order valence-corrected chi connectivity index (χ3v) is 3.31. The molecule has 0 aliphatic heterocycles. The molecule has 8 nitrogen and oxygen atoms in total. The summed E-state index contributed by atoms with van der Waals surface area (Å²) in [6, 6.07) is 4.17. The number of rotatable bonds is 7. The number of carbonyl (C=O) groups excluding carboxylic acids is 1. The Kier molecular flexibility index (Phi) is 4.95. The average molecular weight is 320 g/mol. The van der Waals surface area contributed by atoms with Gasteiger partial charge in [-0.3, -0.25) is 9.59 Å². The first-order valence-electron chi connectivity index (χ1n) is 6.95. The highest BCUT2D eigenvalue weighted by molar-refractivity contribution is 5.89. The van der Waals surface area contributed by atoms with Crippen LogP contribution in [0.3, 0.4) is 0 Å². The Bertz CT molecular complexity index is 752. The highest BCUT2D eigenvalue weighted by atomic mass is 16.5. The smallest absolute Gasteiger partial charge is 0.326 e. The normalized spacial score (nSPS) is 12.0. The highest BCUT2D eigenvalue weighted by Crippen LogP contribution is 2.20. The Hall–Kier alpha value is -2.90. The van der Waals surface area contributed by atoms with Crippen molar-refractivity contribution in [3.63, 3.8) is 0 Å². The largest absolute Gasteiger partial charge is 0.481 e. The van der Waals surface area contributed by atoms with Gasteiger partial charge in [-0.15, -0.1) is 0 Å². The molecule has 0 fully saturated rings. The van der Waals surface area contributed by atoms with Crippen molar-refractivity contribution in [1.82, 2.24) is 10.5 Å². The Labute approximate surface area is 131 Å². The van der Waals surface area contributed by atoms with E-state index in [0.29, 0.717) is 16.7 Å². The second-order valence-electron chi connectivity index (χ2n) is 5.20. The van der Waals surface area contributed by atoms with Gasteiger partial charge < -0.3 is 20.1 Å². The Morgan fingerprint density at radius 2 is 2.04 bits per heavy atom. The van der Waals surface area contributed by atoms with Crippen LogP contribution in [-0.2, 0) is 20.8 Å². The number of benzene rings is 1. The van der Waals surface area contributed by atoms with Gasteiger partial charge in [-0.2, -0.15) is 0 Å². The number of aryl methyl sites for hydroxylation is 1. The Morgan fingerprint density at radius 3 is 2.70 bits per heavy atom. The first-order chi connectivity index (χ1) is 10.9. The fourth-order valence-electron chi connectivity index (χ4n) is 2.15. The lowest BCUT2D eigenvalue weighted by molar-refractivity contribution is -0.143. The number of fused-ring (bicyclic) bond motifs is 1. The summed E-state index contributed by atoms with van der Waals surface area (Å²) in [5.74, 6) is -2.96. The summed E-state index contributed by atoms with van der Waals surface area (Å²) in [5.41, 5.74) is 1.93. The van der Waals surface area contributed by atoms with Crippen LogP contribution in [0.4, 0.5) is 0 Å². The molecule has 1 atom stereocenters. The van der Waals surface area contributed by atoms with Crippen LogP contribution in [0.1, 0.15) is 24.1 Å². The van der Waals surface area contributed by atoms with Gasteiger partial charge in [0.05, 0.1) is 6.42 Å². The molecule has 2 aromatic rings. The standard InChI is InChI=1S/C15H16N2O6/c1-8-2-4-12-9(6-8)11(17-23-12)7-13(18)16-10(15(21)22)3-5-14(19)20/h2,4,6,10H,3,5,7H2,1H3,(H,16,18)(H,19,20)(H,21,22). The van der Waals surface area contributed by atoms with Crippen LogP contribution in [0, 0.1) is 6.92 Å². The van der Waals surface area contributed by atoms with Gasteiger partial charge in [-0.1, -0.05) is 16.8 Å². The maximum atomic E-state index is 12.0. The quantitative estimate of drug-likeness (QED) is 0.696. The molecule has 0 saturated carbocycles. The maximum absolute atomic E-state index is 12.0. The first-order valence-corrected chi connectivity index (χ1v) is 6.95. The summed E-state index contributed by atoms with van der Waals surface area (Å²) in [5, 5.41) is 24.5. The molecule has 0 saturated heterocycles. The summed E-state index contributed by atoms with van der Waals surface area (Å²) in [4.78, 5) is 33.6. The minimum Gasteiger partial charge on any atom is -0.481 e. The number of carboxylic acids is 2. The number of carbonyl (C=O) groups is 3. The van der Waals surface area contributed by atoms with E-state index in [1.54, 1.807) is 6.07 Å². The predicted molar refractivity (Wildman–Crippen MR) is 78.9 cm³/mol. The number of hydrogen-bond acceptors (Lipinski definition) is 5. The van der Waals surface area contributed by atoms with Crippen LogP contribution in [0.2, 0.25) is 0 Å². The number of amides is 1. The molecule has 0 aliphatic rings. The molecule has 1 aromatic carbocycles. The zero-order chi connectivity index (χ0) is 17.0. The van der Waals surface area contributed by atoms with Crippen LogP contribution >= 0.6 is 0 Å². The van der Waals surface area contributed by atoms with Crippen molar-refractivity contribution in [2.75, 3.05) is 0 Å². The summed E-state index contributed by atoms with van der Waals surface area (Å²) >= 11 is 0. The molecule has 1 aromatic heterocycles. The summed E-state index contributed by atoms with van der Waals surface area (Å²) in [6.45, 7) is 1.89. The van der Waals surface area contributed by atoms with Crippen molar-refractivity contribution in [1.29, 1.82) is 0 Å². The summed E-state index contributed by atoms with van der Waals surface area (Å²) in [7, 11) is 0. The van der Waals surface area contributed by atoms with E-state index in [9.17, 15) is 14.4 Å². The first kappa shape index (κ1) is 16.5. The highest BCUT2D eigenvalue weighted by Gasteiger charge is 2.22. The fourth-order valence-corrected chi connectivity index (χ4v) is 2.15. The van der Waals surface area contributed by atoms with E-state index < -0.39 is 23.9 Å². The van der Waals surface area contributed by atoms with Crippen molar-refractivity contribution < 1.29 is 29.1 Å². The molecule has 0 spiro atoms. The third-order valence-electron chi connectivity index (χ3n) is 3.31. The van der Waals surface area contributed by atoms with Crippen LogP contribution in [0.15, 0.2) is 22.7 Å². The predicted octanol–water partition coefficient (Wildman–Crippen LogP) is 1.11. The molecule has 1 unspecified atom stereocenters. The van der Waals surface area contributed by atoms with Gasteiger partial charge in [-0.05, 0) is 25.5 Å². The number of carboxylic acid groups (broad SMARTS) is 2. The van der Waals surface area contributed by atoms with Gasteiger partial charge in [0.15, 0.2) is 5.58 Å². The SMILES string of the molecule is Cc1ccc2onc(CC(=O)NC(CCC(=O)O)C(=O)O)c2c1. The zero-order valence-corrected chi connectivity index (χ0v) is 12.4. The van der Waals surface area contributed by atoms with E-state index in [2.05, 4.69) is 10.5 Å². The number of hydrogen-bond donors (Lipinski definition) is 3. The third kappa shape index (κ3) is 4.29. The van der Waals surface area contributed by atoms with Crippen LogP contribution in [0.5, 0.6) is 0 Å². The van der Waals surface area contributed by atoms with Gasteiger partial charge in [0.1, 0.15) is 11.7 Å². The van der Waals surface area contributed by atoms with Gasteiger partial charge in [0.25, 0.3) is 0 Å². The van der Waals surface area contributed by atoms with E-state index in [1.165, 1.54) is 0 Å². The minimum atomic E-state index is -1.28. The molecule has 1 heterocycles. The van der Waals surface area contributed by atoms with Crippen molar-refractivity contribution >= 4 is 28.8 Å². The maximum Gasteiger partial charge on any atom is 0.326 e. The molecule has 23 heavy (non-hydrogen) atoms. The second-order valence-corrected chi connectivity index (χ2v) is 5.20. The summed E-state index contributed by atoms with van der Waals surface area (Å²) in [6.07, 6.45) is -0.675. The van der Waals surface area contributed by atoms with Crippen molar-refractivity contribution in [2.24, 2.45) is 0 Å². The van der Waals surface area contributed by atoms with Crippen LogP contribution in [0.25, 0.3) is 11.0 Å². The lowest BCUT2D eigenvalue weighted by Gasteiger charge is -2.12. The monoisotopic (exact) mass is 320 g/mol. The zero-order valence-electron chi connectivity index (χ0n) is 12.4. The average Bonchev–Trinajstić information content (AvgIpc) is 2.85. The molecule has 122 valence electrons. The molecule has 3 N–H and O–H groups in total. The minimum absolute atomic E-state index is 0.146. The molecule has 8 heteroatoms. The lowest BCUT2D eigenvalue weighted by atomic mass is 10.1. The van der Waals surface area contributed by atoms with Crippen LogP contribution < -0.4 is 5.32 Å². The van der Waals surface area contributed by atoms with Gasteiger partial charge >= 0.3 is 11.9 Å². The molecular weight excluding hydrogens is 304 g/mol. The molecule has 2 rings (SSSR count). The molecular formula is C15H16N2O6. The number of nitrogens with one attached hydrogen (secondary N) is 1. The summed E-state index contributed by atoms with van der Waals surface area (Å²) < 4.78 is 5.11. The second kappa shape index (κ2) is 6.91. The molecule has 0 radical (unpaired) electrons. The van der Waals surface area contributed by atoms with E-state index in [-0.39, 0.29) is 19.3 Å². The van der Waals surface area contributed by atoms with Gasteiger partial charge in [0.2, 0.25) is 5.91 Å². The van der Waals surface area contributed by atoms with Crippen molar-refractivity contribution in [2.45, 2.75) is 32.2 Å². The van der Waals surface area contributed by atoms with Crippen LogP contribution in [-0.4, -0.2) is 39.3 Å². The lowest BCUT2D eigenvalue weighted by Crippen LogP contribution is -2.41. The van der Waals surface area contributed by atoms with Crippen molar-refractivity contribution in [3.8, 4) is 0 Å². The molecule has 1 amide bonds. The van der Waals surface area contributed by atoms with E-state index in [4.69, 9.17) is 14.7 Å². The van der Waals surface area contributed by atoms with Gasteiger partial charge in [-0.25, -0.2) is 4.79 Å².